The van der Waals surface area contributed by atoms with Crippen molar-refractivity contribution in [1.29, 1.82) is 0 Å². The van der Waals surface area contributed by atoms with E-state index in [1.807, 2.05) is 35.0 Å². The highest BCUT2D eigenvalue weighted by molar-refractivity contribution is 7.07. The lowest BCUT2D eigenvalue weighted by Gasteiger charge is -2.24. The first-order valence-electron chi connectivity index (χ1n) is 13.9. The molecule has 0 saturated heterocycles. The normalized spacial score (nSPS) is 14.9. The smallest absolute Gasteiger partial charge is 0.338 e. The van der Waals surface area contributed by atoms with E-state index in [4.69, 9.17) is 4.74 Å². The molecule has 44 heavy (non-hydrogen) atoms. The van der Waals surface area contributed by atoms with Gasteiger partial charge in [-0.1, -0.05) is 53.8 Å². The van der Waals surface area contributed by atoms with Crippen molar-refractivity contribution in [2.24, 2.45) is 4.99 Å². The number of carbonyl (C=O) groups is 1. The van der Waals surface area contributed by atoms with E-state index < -0.39 is 16.9 Å². The van der Waals surface area contributed by atoms with E-state index in [1.54, 1.807) is 51.1 Å². The zero-order chi connectivity index (χ0) is 31.1. The van der Waals surface area contributed by atoms with Gasteiger partial charge in [-0.3, -0.25) is 19.5 Å². The number of nitro groups is 1. The first-order valence-corrected chi connectivity index (χ1v) is 14.7. The minimum Gasteiger partial charge on any atom is -0.463 e. The van der Waals surface area contributed by atoms with Crippen LogP contribution < -0.4 is 14.9 Å². The number of hydrogen-bond acceptors (Lipinski definition) is 7. The Balaban J connectivity index is 1.53. The Hall–Kier alpha value is -5.16. The summed E-state index contributed by atoms with van der Waals surface area (Å²) in [5, 5.41) is 12.7. The highest BCUT2D eigenvalue weighted by Gasteiger charge is 2.34. The number of benzene rings is 3. The molecule has 0 spiro atoms. The van der Waals surface area contributed by atoms with Gasteiger partial charge in [0, 0.05) is 40.8 Å². The van der Waals surface area contributed by atoms with Crippen molar-refractivity contribution in [1.82, 2.24) is 9.13 Å². The molecule has 3 heterocycles. The van der Waals surface area contributed by atoms with Crippen LogP contribution in [-0.2, 0) is 16.1 Å². The fourth-order valence-electron chi connectivity index (χ4n) is 5.55. The number of para-hydroxylation sites is 1. The van der Waals surface area contributed by atoms with Crippen molar-refractivity contribution < 1.29 is 18.8 Å². The van der Waals surface area contributed by atoms with Crippen molar-refractivity contribution in [2.45, 2.75) is 33.4 Å². The van der Waals surface area contributed by atoms with Crippen LogP contribution in [0.15, 0.2) is 94.0 Å². The first kappa shape index (κ1) is 28.9. The maximum Gasteiger partial charge on any atom is 0.338 e. The van der Waals surface area contributed by atoms with Crippen LogP contribution >= 0.6 is 11.3 Å². The Kier molecular flexibility index (Phi) is 7.56. The predicted molar refractivity (Wildman–Crippen MR) is 166 cm³/mol. The minimum atomic E-state index is -0.966. The van der Waals surface area contributed by atoms with Gasteiger partial charge in [0.15, 0.2) is 4.80 Å². The highest BCUT2D eigenvalue weighted by Crippen LogP contribution is 2.33. The molecule has 5 aromatic rings. The zero-order valence-electron chi connectivity index (χ0n) is 24.1. The van der Waals surface area contributed by atoms with E-state index in [9.17, 15) is 24.1 Å². The summed E-state index contributed by atoms with van der Waals surface area (Å²) in [7, 11) is 0. The van der Waals surface area contributed by atoms with Gasteiger partial charge in [-0.15, -0.1) is 0 Å². The number of nitro benzene ring substituents is 1. The third-order valence-corrected chi connectivity index (χ3v) is 8.62. The average Bonchev–Trinajstić information content (AvgIpc) is 3.50. The minimum absolute atomic E-state index is 0.114. The Morgan fingerprint density at radius 2 is 1.89 bits per heavy atom. The number of carbonyl (C=O) groups excluding carboxylic acids is 1. The van der Waals surface area contributed by atoms with Gasteiger partial charge in [0.1, 0.15) is 5.82 Å². The molecule has 0 radical (unpaired) electrons. The van der Waals surface area contributed by atoms with E-state index in [1.165, 1.54) is 34.1 Å². The molecule has 2 aromatic heterocycles. The van der Waals surface area contributed by atoms with E-state index in [0.717, 1.165) is 22.0 Å². The van der Waals surface area contributed by atoms with Crippen LogP contribution in [0, 0.1) is 22.9 Å². The van der Waals surface area contributed by atoms with Gasteiger partial charge in [0.25, 0.3) is 11.2 Å². The maximum absolute atomic E-state index is 14.1. The van der Waals surface area contributed by atoms with Crippen LogP contribution in [-0.4, -0.2) is 26.6 Å². The maximum atomic E-state index is 14.1. The Labute approximate surface area is 254 Å². The summed E-state index contributed by atoms with van der Waals surface area (Å²) in [5.74, 6) is -0.942. The van der Waals surface area contributed by atoms with Crippen molar-refractivity contribution in [3.8, 4) is 0 Å². The van der Waals surface area contributed by atoms with Crippen LogP contribution in [0.2, 0.25) is 0 Å². The lowest BCUT2D eigenvalue weighted by Crippen LogP contribution is -2.40. The Morgan fingerprint density at radius 3 is 2.61 bits per heavy atom. The highest BCUT2D eigenvalue weighted by atomic mass is 32.1. The number of thiazole rings is 1. The number of esters is 1. The van der Waals surface area contributed by atoms with Crippen LogP contribution in [0.1, 0.15) is 42.1 Å². The topological polar surface area (TPSA) is 109 Å². The van der Waals surface area contributed by atoms with E-state index in [0.29, 0.717) is 32.7 Å². The Morgan fingerprint density at radius 1 is 1.14 bits per heavy atom. The largest absolute Gasteiger partial charge is 0.463 e. The van der Waals surface area contributed by atoms with Gasteiger partial charge in [0.2, 0.25) is 0 Å². The second kappa shape index (κ2) is 11.5. The molecule has 1 aliphatic heterocycles. The molecule has 0 bridgehead atoms. The molecule has 0 aliphatic carbocycles. The fraction of sp³-hybridized carbons (Fsp3) is 0.182. The van der Waals surface area contributed by atoms with Crippen LogP contribution in [0.3, 0.4) is 0 Å². The lowest BCUT2D eigenvalue weighted by atomic mass is 9.94. The number of ether oxygens (including phenoxy) is 1. The lowest BCUT2D eigenvalue weighted by molar-refractivity contribution is -0.385. The van der Waals surface area contributed by atoms with Crippen molar-refractivity contribution in [3.05, 3.63) is 142 Å². The molecule has 6 rings (SSSR count). The molecular weight excluding hydrogens is 583 g/mol. The number of aryl methyl sites for hydroxylation is 1. The van der Waals surface area contributed by atoms with Crippen molar-refractivity contribution in [2.75, 3.05) is 6.61 Å². The van der Waals surface area contributed by atoms with E-state index >= 15 is 0 Å². The van der Waals surface area contributed by atoms with Crippen LogP contribution in [0.5, 0.6) is 0 Å². The first-order chi connectivity index (χ1) is 21.2. The molecule has 11 heteroatoms. The van der Waals surface area contributed by atoms with Crippen LogP contribution in [0.25, 0.3) is 17.0 Å². The standard InChI is InChI=1S/C33H27FN4O5S/c1-4-43-32(40)29-20(3)35-33-37(30(29)22-12-9-19(2)27(15-22)38(41)42)31(39)28(44-33)16-23-18-36(26-8-6-5-7-25(23)26)17-21-10-13-24(34)14-11-21/h5-16,18,30H,4,17H2,1-3H3/b28-16+/t30-/m1/s1. The summed E-state index contributed by atoms with van der Waals surface area (Å²) in [5.41, 5.74) is 3.57. The van der Waals surface area contributed by atoms with Crippen molar-refractivity contribution >= 4 is 40.0 Å². The van der Waals surface area contributed by atoms with Crippen molar-refractivity contribution in [3.63, 3.8) is 0 Å². The molecule has 0 saturated carbocycles. The number of hydrogen-bond donors (Lipinski definition) is 0. The van der Waals surface area contributed by atoms with Gasteiger partial charge < -0.3 is 9.30 Å². The van der Waals surface area contributed by atoms with Gasteiger partial charge in [-0.2, -0.15) is 0 Å². The molecule has 3 aromatic carbocycles. The van der Waals surface area contributed by atoms with Gasteiger partial charge in [0.05, 0.1) is 33.4 Å². The summed E-state index contributed by atoms with van der Waals surface area (Å²) >= 11 is 1.18. The van der Waals surface area contributed by atoms with Gasteiger partial charge in [-0.05, 0) is 56.2 Å². The number of rotatable bonds is 7. The zero-order valence-corrected chi connectivity index (χ0v) is 24.9. The molecule has 1 aliphatic rings. The van der Waals surface area contributed by atoms with E-state index in [2.05, 4.69) is 4.99 Å². The van der Waals surface area contributed by atoms with Gasteiger partial charge in [-0.25, -0.2) is 14.2 Å². The second-order valence-corrected chi connectivity index (χ2v) is 11.5. The summed E-state index contributed by atoms with van der Waals surface area (Å²) in [6.07, 6.45) is 3.74. The molecular formula is C33H27FN4O5S. The number of aromatic nitrogens is 2. The molecule has 9 nitrogen and oxygen atoms in total. The number of allylic oxidation sites excluding steroid dienone is 1. The van der Waals surface area contributed by atoms with Gasteiger partial charge >= 0.3 is 5.97 Å². The summed E-state index contributed by atoms with van der Waals surface area (Å²) in [6, 6.07) is 17.9. The summed E-state index contributed by atoms with van der Waals surface area (Å²) in [6.45, 7) is 5.60. The SMILES string of the molecule is CCOC(=O)C1=C(C)N=c2s/c(=C/c3cn(Cc4ccc(F)cc4)c4ccccc34)c(=O)n2[C@@H]1c1ccc(C)c([N+](=O)[O-])c1. The number of fused-ring (bicyclic) bond motifs is 2. The summed E-state index contributed by atoms with van der Waals surface area (Å²) in [4.78, 5) is 43.6. The molecule has 222 valence electrons. The fourth-order valence-corrected chi connectivity index (χ4v) is 6.59. The second-order valence-electron chi connectivity index (χ2n) is 10.5. The third kappa shape index (κ3) is 5.15. The molecule has 1 atom stereocenters. The monoisotopic (exact) mass is 610 g/mol. The number of halogens is 1. The average molecular weight is 611 g/mol. The molecule has 0 N–H and O–H groups in total. The predicted octanol–water partition coefficient (Wildman–Crippen LogP) is 5.16. The van der Waals surface area contributed by atoms with Crippen LogP contribution in [0.4, 0.5) is 10.1 Å². The quantitative estimate of drug-likeness (QED) is 0.144. The van der Waals surface area contributed by atoms with E-state index in [-0.39, 0.29) is 29.2 Å². The molecule has 0 fully saturated rings. The summed E-state index contributed by atoms with van der Waals surface area (Å²) < 4.78 is 22.7. The molecule has 0 amide bonds. The Bertz CT molecular complexity index is 2180. The number of nitrogens with zero attached hydrogens (tertiary/aromatic N) is 4. The third-order valence-electron chi connectivity index (χ3n) is 7.63. The molecule has 0 unspecified atom stereocenters.